The molecule has 0 aliphatic rings. The molecule has 0 heterocycles. The van der Waals surface area contributed by atoms with Crippen LogP contribution in [0.15, 0.2) is 24.3 Å². The number of hydrogen-bond donors (Lipinski definition) is 3. The molecule has 3 N–H and O–H groups in total. The van der Waals surface area contributed by atoms with Crippen LogP contribution in [0.4, 0.5) is 4.79 Å². The average molecular weight is 468 g/mol. The molecule has 1 rings (SSSR count). The minimum absolute atomic E-state index is 0.0407. The van der Waals surface area contributed by atoms with Gasteiger partial charge in [-0.2, -0.15) is 11.8 Å². The number of rotatable bonds is 11. The van der Waals surface area contributed by atoms with E-state index in [0.29, 0.717) is 24.3 Å². The molecule has 1 atom stereocenters. The largest absolute Gasteiger partial charge is 0.454 e. The maximum atomic E-state index is 12.6. The second-order valence-electron chi connectivity index (χ2n) is 8.04. The van der Waals surface area contributed by atoms with Crippen LogP contribution >= 0.6 is 11.8 Å². The zero-order chi connectivity index (χ0) is 24.1. The molecule has 0 aliphatic heterocycles. The van der Waals surface area contributed by atoms with Crippen LogP contribution in [0.5, 0.6) is 0 Å². The first-order valence-electron chi connectivity index (χ1n) is 10.2. The van der Waals surface area contributed by atoms with E-state index in [2.05, 4.69) is 31.4 Å². The summed E-state index contributed by atoms with van der Waals surface area (Å²) in [6.45, 7) is 6.13. The van der Waals surface area contributed by atoms with E-state index in [1.165, 1.54) is 18.9 Å². The fourth-order valence-electron chi connectivity index (χ4n) is 2.56. The topological polar surface area (TPSA) is 123 Å². The van der Waals surface area contributed by atoms with E-state index in [1.54, 1.807) is 12.1 Å². The van der Waals surface area contributed by atoms with Crippen molar-refractivity contribution in [2.75, 3.05) is 38.9 Å². The number of carbonyl (C=O) groups is 4. The van der Waals surface area contributed by atoms with E-state index >= 15 is 0 Å². The highest BCUT2D eigenvalue weighted by Gasteiger charge is 2.24. The quantitative estimate of drug-likeness (QED) is 0.335. The maximum Gasteiger partial charge on any atom is 0.329 e. The number of nitrogens with one attached hydrogen (secondary N) is 3. The number of methoxy groups -OCH3 is 1. The summed E-state index contributed by atoms with van der Waals surface area (Å²) in [4.78, 5) is 48.4. The van der Waals surface area contributed by atoms with Crippen molar-refractivity contribution >= 4 is 35.6 Å². The molecule has 178 valence electrons. The Bertz CT molecular complexity index is 777. The summed E-state index contributed by atoms with van der Waals surface area (Å²) in [5, 5.41) is 7.13. The van der Waals surface area contributed by atoms with Gasteiger partial charge in [-0.25, -0.2) is 9.59 Å². The fraction of sp³-hybridized carbons (Fsp3) is 0.545. The average Bonchev–Trinajstić information content (AvgIpc) is 2.74. The fourth-order valence-corrected chi connectivity index (χ4v) is 3.03. The van der Waals surface area contributed by atoms with Gasteiger partial charge in [0.25, 0.3) is 11.8 Å². The van der Waals surface area contributed by atoms with Crippen molar-refractivity contribution < 1.29 is 28.7 Å². The number of carbonyl (C=O) groups excluding carboxylic acids is 4. The van der Waals surface area contributed by atoms with Gasteiger partial charge in [0.05, 0.1) is 6.61 Å². The van der Waals surface area contributed by atoms with Crippen molar-refractivity contribution in [3.63, 3.8) is 0 Å². The molecule has 1 aromatic rings. The van der Waals surface area contributed by atoms with Crippen LogP contribution in [-0.4, -0.2) is 68.7 Å². The number of hydrogen-bond acceptors (Lipinski definition) is 7. The highest BCUT2D eigenvalue weighted by molar-refractivity contribution is 7.98. The van der Waals surface area contributed by atoms with Crippen LogP contribution in [0.1, 0.15) is 43.1 Å². The molecule has 0 aromatic heterocycles. The third-order valence-corrected chi connectivity index (χ3v) is 5.05. The number of benzene rings is 1. The molecule has 0 radical (unpaired) electrons. The monoisotopic (exact) mass is 467 g/mol. The summed E-state index contributed by atoms with van der Waals surface area (Å²) in [7, 11) is 1.48. The number of thioether (sulfide) groups is 1. The first kappa shape index (κ1) is 27.4. The van der Waals surface area contributed by atoms with Crippen LogP contribution in [-0.2, 0) is 24.5 Å². The summed E-state index contributed by atoms with van der Waals surface area (Å²) in [5.74, 6) is -1.32. The minimum atomic E-state index is -0.916. The Kier molecular flexibility index (Phi) is 11.8. The van der Waals surface area contributed by atoms with Crippen LogP contribution < -0.4 is 16.0 Å². The van der Waals surface area contributed by atoms with Gasteiger partial charge in [0, 0.05) is 19.2 Å². The molecule has 0 saturated heterocycles. The van der Waals surface area contributed by atoms with E-state index in [1.807, 2.05) is 23.7 Å². The van der Waals surface area contributed by atoms with Crippen molar-refractivity contribution in [2.24, 2.45) is 0 Å². The molecule has 0 aliphatic carbocycles. The van der Waals surface area contributed by atoms with Crippen LogP contribution in [0, 0.1) is 0 Å². The number of imide groups is 1. The molecular formula is C22H33N3O6S. The molecule has 4 amide bonds. The zero-order valence-electron chi connectivity index (χ0n) is 19.3. The van der Waals surface area contributed by atoms with Gasteiger partial charge < -0.3 is 20.1 Å². The van der Waals surface area contributed by atoms with E-state index in [0.717, 1.165) is 5.56 Å². The Hall–Kier alpha value is -2.59. The predicted molar refractivity (Wildman–Crippen MR) is 124 cm³/mol. The summed E-state index contributed by atoms with van der Waals surface area (Å²) in [6.07, 6.45) is 2.22. The number of ether oxygens (including phenoxy) is 2. The molecule has 0 spiro atoms. The lowest BCUT2D eigenvalue weighted by atomic mass is 9.86. The lowest BCUT2D eigenvalue weighted by Gasteiger charge is -2.20. The third-order valence-electron chi connectivity index (χ3n) is 4.40. The minimum Gasteiger partial charge on any atom is -0.454 e. The standard InChI is InChI=1S/C22H33N3O6S/c1-22(2,3)16-8-6-15(7-9-16)19(27)24-17(10-13-32-5)20(28)31-14-18(26)25-21(29)23-11-12-30-4/h6-9,17H,10-14H2,1-5H3,(H,24,27)(H2,23,25,26,29). The Morgan fingerprint density at radius 2 is 1.75 bits per heavy atom. The zero-order valence-corrected chi connectivity index (χ0v) is 20.1. The molecule has 1 unspecified atom stereocenters. The molecule has 9 nitrogen and oxygen atoms in total. The molecule has 32 heavy (non-hydrogen) atoms. The summed E-state index contributed by atoms with van der Waals surface area (Å²) < 4.78 is 9.80. The normalized spacial score (nSPS) is 11.9. The highest BCUT2D eigenvalue weighted by Crippen LogP contribution is 2.22. The first-order chi connectivity index (χ1) is 15.1. The van der Waals surface area contributed by atoms with Gasteiger partial charge in [0.2, 0.25) is 0 Å². The lowest BCUT2D eigenvalue weighted by molar-refractivity contribution is -0.150. The van der Waals surface area contributed by atoms with Crippen LogP contribution in [0.3, 0.4) is 0 Å². The van der Waals surface area contributed by atoms with Crippen molar-refractivity contribution in [3.05, 3.63) is 35.4 Å². The van der Waals surface area contributed by atoms with Gasteiger partial charge in [-0.1, -0.05) is 32.9 Å². The Morgan fingerprint density at radius 1 is 1.09 bits per heavy atom. The second-order valence-corrected chi connectivity index (χ2v) is 9.03. The second kappa shape index (κ2) is 13.7. The first-order valence-corrected chi connectivity index (χ1v) is 11.6. The van der Waals surface area contributed by atoms with Crippen molar-refractivity contribution in [3.8, 4) is 0 Å². The smallest absolute Gasteiger partial charge is 0.329 e. The predicted octanol–water partition coefficient (Wildman–Crippen LogP) is 1.85. The Labute approximate surface area is 193 Å². The van der Waals surface area contributed by atoms with Gasteiger partial charge in [-0.15, -0.1) is 0 Å². The molecule has 0 bridgehead atoms. The number of urea groups is 1. The summed E-state index contributed by atoms with van der Waals surface area (Å²) in [5.41, 5.74) is 1.47. The van der Waals surface area contributed by atoms with Crippen molar-refractivity contribution in [2.45, 2.75) is 38.6 Å². The molecule has 10 heteroatoms. The Balaban J connectivity index is 2.64. The number of esters is 1. The van der Waals surface area contributed by atoms with Gasteiger partial charge >= 0.3 is 12.0 Å². The summed E-state index contributed by atoms with van der Waals surface area (Å²) in [6, 6.07) is 5.55. The van der Waals surface area contributed by atoms with Crippen molar-refractivity contribution in [1.82, 2.24) is 16.0 Å². The van der Waals surface area contributed by atoms with Crippen molar-refractivity contribution in [1.29, 1.82) is 0 Å². The number of amides is 4. The van der Waals surface area contributed by atoms with E-state index in [4.69, 9.17) is 9.47 Å². The van der Waals surface area contributed by atoms with Crippen LogP contribution in [0.25, 0.3) is 0 Å². The molecular weight excluding hydrogens is 434 g/mol. The van der Waals surface area contributed by atoms with Gasteiger partial charge in [0.15, 0.2) is 6.61 Å². The molecule has 0 fully saturated rings. The maximum absolute atomic E-state index is 12.6. The van der Waals surface area contributed by atoms with Gasteiger partial charge in [-0.3, -0.25) is 14.9 Å². The SMILES string of the molecule is COCCNC(=O)NC(=O)COC(=O)C(CCSC)NC(=O)c1ccc(C(C)(C)C)cc1. The van der Waals surface area contributed by atoms with E-state index in [-0.39, 0.29) is 12.0 Å². The van der Waals surface area contributed by atoms with Crippen LogP contribution in [0.2, 0.25) is 0 Å². The van der Waals surface area contributed by atoms with Gasteiger partial charge in [0.1, 0.15) is 6.04 Å². The summed E-state index contributed by atoms with van der Waals surface area (Å²) >= 11 is 1.52. The van der Waals surface area contributed by atoms with E-state index < -0.39 is 36.5 Å². The molecule has 1 aromatic carbocycles. The highest BCUT2D eigenvalue weighted by atomic mass is 32.2. The lowest BCUT2D eigenvalue weighted by Crippen LogP contribution is -2.45. The molecule has 0 saturated carbocycles. The van der Waals surface area contributed by atoms with E-state index in [9.17, 15) is 19.2 Å². The van der Waals surface area contributed by atoms with Gasteiger partial charge in [-0.05, 0) is 41.5 Å². The third kappa shape index (κ3) is 10.1. The Morgan fingerprint density at radius 3 is 2.31 bits per heavy atom.